The molecular weight excluding hydrogens is 264 g/mol. The first-order valence-corrected chi connectivity index (χ1v) is 5.21. The van der Waals surface area contributed by atoms with Crippen LogP contribution in [-0.4, -0.2) is 15.6 Å². The van der Waals surface area contributed by atoms with Crippen molar-refractivity contribution in [3.63, 3.8) is 0 Å². The van der Waals surface area contributed by atoms with Crippen LogP contribution in [0.15, 0.2) is 30.5 Å². The van der Waals surface area contributed by atoms with E-state index in [4.69, 9.17) is 0 Å². The molecule has 0 aliphatic carbocycles. The van der Waals surface area contributed by atoms with Crippen molar-refractivity contribution < 1.29 is 22.4 Å². The molecule has 1 aromatic carbocycles. The van der Waals surface area contributed by atoms with Crippen molar-refractivity contribution in [2.24, 2.45) is 7.05 Å². The van der Waals surface area contributed by atoms with Gasteiger partial charge in [-0.2, -0.15) is 18.3 Å². The molecule has 0 spiro atoms. The lowest BCUT2D eigenvalue weighted by Crippen LogP contribution is -2.15. The van der Waals surface area contributed by atoms with Crippen LogP contribution in [-0.2, 0) is 13.2 Å². The SMILES string of the molecule is Cn1nccc1C(=O)c1cccc(C(F)(F)F)c1F. The molecule has 0 bridgehead atoms. The Morgan fingerprint density at radius 3 is 2.47 bits per heavy atom. The molecule has 0 aliphatic heterocycles. The zero-order valence-corrected chi connectivity index (χ0v) is 9.70. The lowest BCUT2D eigenvalue weighted by atomic mass is 10.0. The molecule has 0 saturated carbocycles. The highest BCUT2D eigenvalue weighted by atomic mass is 19.4. The molecule has 19 heavy (non-hydrogen) atoms. The Bertz CT molecular complexity index is 631. The highest BCUT2D eigenvalue weighted by molar-refractivity contribution is 6.08. The van der Waals surface area contributed by atoms with Gasteiger partial charge in [0.1, 0.15) is 11.5 Å². The van der Waals surface area contributed by atoms with Crippen LogP contribution in [0.5, 0.6) is 0 Å². The quantitative estimate of drug-likeness (QED) is 0.622. The Hall–Kier alpha value is -2.18. The van der Waals surface area contributed by atoms with Crippen LogP contribution in [0.2, 0.25) is 0 Å². The number of hydrogen-bond acceptors (Lipinski definition) is 2. The van der Waals surface area contributed by atoms with Gasteiger partial charge in [-0.05, 0) is 18.2 Å². The van der Waals surface area contributed by atoms with Gasteiger partial charge in [0, 0.05) is 13.2 Å². The van der Waals surface area contributed by atoms with Gasteiger partial charge in [0.25, 0.3) is 0 Å². The van der Waals surface area contributed by atoms with Crippen LogP contribution in [0.1, 0.15) is 21.6 Å². The number of carbonyl (C=O) groups excluding carboxylic acids is 1. The van der Waals surface area contributed by atoms with Crippen LogP contribution in [0.25, 0.3) is 0 Å². The number of carbonyl (C=O) groups is 1. The lowest BCUT2D eigenvalue weighted by molar-refractivity contribution is -0.140. The number of rotatable bonds is 2. The third-order valence-corrected chi connectivity index (χ3v) is 2.60. The summed E-state index contributed by atoms with van der Waals surface area (Å²) in [4.78, 5) is 12.0. The van der Waals surface area contributed by atoms with Gasteiger partial charge in [-0.1, -0.05) is 6.07 Å². The van der Waals surface area contributed by atoms with E-state index in [1.807, 2.05) is 0 Å². The number of nitrogens with zero attached hydrogens (tertiary/aromatic N) is 2. The molecule has 1 heterocycles. The number of ketones is 1. The summed E-state index contributed by atoms with van der Waals surface area (Å²) in [5, 5.41) is 3.72. The van der Waals surface area contributed by atoms with Gasteiger partial charge in [-0.15, -0.1) is 0 Å². The predicted octanol–water partition coefficient (Wildman–Crippen LogP) is 2.81. The molecule has 3 nitrogen and oxygen atoms in total. The minimum absolute atomic E-state index is 0.0122. The summed E-state index contributed by atoms with van der Waals surface area (Å²) in [5.74, 6) is -2.41. The highest BCUT2D eigenvalue weighted by Gasteiger charge is 2.36. The van der Waals surface area contributed by atoms with E-state index in [1.165, 1.54) is 24.0 Å². The second-order valence-electron chi connectivity index (χ2n) is 3.83. The minimum Gasteiger partial charge on any atom is -0.287 e. The summed E-state index contributed by atoms with van der Waals surface area (Å²) < 4.78 is 52.6. The summed E-state index contributed by atoms with van der Waals surface area (Å²) in [6, 6.07) is 3.91. The number of benzene rings is 1. The van der Waals surface area contributed by atoms with Gasteiger partial charge >= 0.3 is 6.18 Å². The third-order valence-electron chi connectivity index (χ3n) is 2.60. The second kappa shape index (κ2) is 4.49. The molecular formula is C12H8F4N2O. The van der Waals surface area contributed by atoms with Crippen LogP contribution in [0.4, 0.5) is 17.6 Å². The number of aryl methyl sites for hydroxylation is 1. The summed E-state index contributed by atoms with van der Waals surface area (Å²) in [6.45, 7) is 0. The van der Waals surface area contributed by atoms with Crippen molar-refractivity contribution in [3.05, 3.63) is 53.1 Å². The van der Waals surface area contributed by atoms with E-state index in [9.17, 15) is 22.4 Å². The van der Waals surface area contributed by atoms with Crippen molar-refractivity contribution in [2.75, 3.05) is 0 Å². The molecule has 2 rings (SSSR count). The highest BCUT2D eigenvalue weighted by Crippen LogP contribution is 2.32. The van der Waals surface area contributed by atoms with E-state index in [1.54, 1.807) is 0 Å². The fourth-order valence-electron chi connectivity index (χ4n) is 1.66. The maximum atomic E-state index is 13.8. The van der Waals surface area contributed by atoms with E-state index in [2.05, 4.69) is 5.10 Å². The fraction of sp³-hybridized carbons (Fsp3) is 0.167. The number of hydrogen-bond donors (Lipinski definition) is 0. The molecule has 2 aromatic rings. The van der Waals surface area contributed by atoms with Gasteiger partial charge in [-0.25, -0.2) is 4.39 Å². The summed E-state index contributed by atoms with van der Waals surface area (Å²) in [6.07, 6.45) is -3.54. The average Bonchev–Trinajstić information content (AvgIpc) is 2.73. The maximum absolute atomic E-state index is 13.8. The molecule has 0 radical (unpaired) electrons. The zero-order valence-electron chi connectivity index (χ0n) is 9.70. The van der Waals surface area contributed by atoms with Crippen molar-refractivity contribution in [3.8, 4) is 0 Å². The molecule has 0 saturated heterocycles. The fourth-order valence-corrected chi connectivity index (χ4v) is 1.66. The Morgan fingerprint density at radius 2 is 1.95 bits per heavy atom. The first-order valence-electron chi connectivity index (χ1n) is 5.21. The van der Waals surface area contributed by atoms with E-state index in [0.717, 1.165) is 12.1 Å². The Kier molecular flexibility index (Phi) is 3.13. The Morgan fingerprint density at radius 1 is 1.26 bits per heavy atom. The molecule has 0 atom stereocenters. The molecule has 1 aromatic heterocycles. The zero-order chi connectivity index (χ0) is 14.2. The van der Waals surface area contributed by atoms with Gasteiger partial charge < -0.3 is 0 Å². The molecule has 0 N–H and O–H groups in total. The third kappa shape index (κ3) is 2.35. The monoisotopic (exact) mass is 272 g/mol. The Labute approximate surface area is 105 Å². The largest absolute Gasteiger partial charge is 0.419 e. The topological polar surface area (TPSA) is 34.9 Å². The van der Waals surface area contributed by atoms with E-state index in [0.29, 0.717) is 6.07 Å². The molecule has 0 fully saturated rings. The summed E-state index contributed by atoms with van der Waals surface area (Å²) >= 11 is 0. The molecule has 0 amide bonds. The second-order valence-corrected chi connectivity index (χ2v) is 3.83. The normalized spacial score (nSPS) is 11.6. The maximum Gasteiger partial charge on any atom is 0.419 e. The first-order chi connectivity index (χ1) is 8.82. The van der Waals surface area contributed by atoms with Crippen LogP contribution in [0.3, 0.4) is 0 Å². The van der Waals surface area contributed by atoms with Gasteiger partial charge in [-0.3, -0.25) is 9.48 Å². The van der Waals surface area contributed by atoms with Crippen molar-refractivity contribution in [2.45, 2.75) is 6.18 Å². The van der Waals surface area contributed by atoms with Gasteiger partial charge in [0.05, 0.1) is 11.1 Å². The summed E-state index contributed by atoms with van der Waals surface area (Å²) in [7, 11) is 1.44. The van der Waals surface area contributed by atoms with Crippen LogP contribution in [0, 0.1) is 5.82 Å². The van der Waals surface area contributed by atoms with Crippen LogP contribution >= 0.6 is 0 Å². The van der Waals surface area contributed by atoms with Gasteiger partial charge in [0.2, 0.25) is 5.78 Å². The number of aromatic nitrogens is 2. The van der Waals surface area contributed by atoms with Crippen LogP contribution < -0.4 is 0 Å². The van der Waals surface area contributed by atoms with Gasteiger partial charge in [0.15, 0.2) is 0 Å². The van der Waals surface area contributed by atoms with E-state index < -0.39 is 28.9 Å². The lowest BCUT2D eigenvalue weighted by Gasteiger charge is -2.10. The average molecular weight is 272 g/mol. The van der Waals surface area contributed by atoms with Crippen molar-refractivity contribution >= 4 is 5.78 Å². The molecule has 0 aliphatic rings. The Balaban J connectivity index is 2.53. The molecule has 100 valence electrons. The summed E-state index contributed by atoms with van der Waals surface area (Å²) in [5.41, 5.74) is -2.07. The standard InChI is InChI=1S/C12H8F4N2O/c1-18-9(5-6-17-18)11(19)7-3-2-4-8(10(7)13)12(14,15)16/h2-6H,1H3. The smallest absolute Gasteiger partial charge is 0.287 e. The molecule has 0 unspecified atom stereocenters. The molecule has 7 heteroatoms. The van der Waals surface area contributed by atoms with Crippen molar-refractivity contribution in [1.29, 1.82) is 0 Å². The number of alkyl halides is 3. The van der Waals surface area contributed by atoms with Crippen molar-refractivity contribution in [1.82, 2.24) is 9.78 Å². The number of halogens is 4. The predicted molar refractivity (Wildman–Crippen MR) is 58.0 cm³/mol. The van der Waals surface area contributed by atoms with E-state index in [-0.39, 0.29) is 5.69 Å². The minimum atomic E-state index is -4.84. The first kappa shape index (κ1) is 13.3. The van der Waals surface area contributed by atoms with E-state index >= 15 is 0 Å².